The molecule has 1 atom stereocenters. The SMILES string of the molecule is CN1Cc2c(Cl)cc(Cl)cc2C(c2ccccc2N2C(=O)NC(C)(C)C2=O)C1. The van der Waals surface area contributed by atoms with Gasteiger partial charge in [0.2, 0.25) is 0 Å². The third-order valence-electron chi connectivity index (χ3n) is 5.41. The van der Waals surface area contributed by atoms with Crippen molar-refractivity contribution >= 4 is 40.8 Å². The molecule has 2 aliphatic heterocycles. The molecule has 0 aliphatic carbocycles. The Balaban J connectivity index is 1.87. The fraction of sp³-hybridized carbons (Fsp3) is 0.333. The molecule has 28 heavy (non-hydrogen) atoms. The summed E-state index contributed by atoms with van der Waals surface area (Å²) < 4.78 is 0. The number of imide groups is 1. The normalized spacial score (nSPS) is 21.6. The monoisotopic (exact) mass is 417 g/mol. The van der Waals surface area contributed by atoms with Gasteiger partial charge >= 0.3 is 6.03 Å². The lowest BCUT2D eigenvalue weighted by Crippen LogP contribution is -2.40. The van der Waals surface area contributed by atoms with Gasteiger partial charge in [-0.2, -0.15) is 0 Å². The minimum Gasteiger partial charge on any atom is -0.323 e. The van der Waals surface area contributed by atoms with Crippen molar-refractivity contribution in [1.82, 2.24) is 10.2 Å². The van der Waals surface area contributed by atoms with E-state index >= 15 is 0 Å². The van der Waals surface area contributed by atoms with Gasteiger partial charge in [0.25, 0.3) is 5.91 Å². The summed E-state index contributed by atoms with van der Waals surface area (Å²) in [6.07, 6.45) is 0. The van der Waals surface area contributed by atoms with Crippen LogP contribution in [0.3, 0.4) is 0 Å². The van der Waals surface area contributed by atoms with Crippen molar-refractivity contribution < 1.29 is 9.59 Å². The third-order valence-corrected chi connectivity index (χ3v) is 5.96. The number of urea groups is 1. The number of likely N-dealkylation sites (N-methyl/N-ethyl adjacent to an activating group) is 1. The fourth-order valence-corrected chi connectivity index (χ4v) is 4.63. The maximum Gasteiger partial charge on any atom is 0.329 e. The number of rotatable bonds is 2. The van der Waals surface area contributed by atoms with Crippen LogP contribution in [0, 0.1) is 0 Å². The van der Waals surface area contributed by atoms with Crippen molar-refractivity contribution in [3.63, 3.8) is 0 Å². The second kappa shape index (κ2) is 6.76. The number of nitrogens with zero attached hydrogens (tertiary/aromatic N) is 2. The summed E-state index contributed by atoms with van der Waals surface area (Å²) in [6.45, 7) is 4.87. The molecule has 4 rings (SSSR count). The first-order chi connectivity index (χ1) is 13.2. The molecule has 0 saturated carbocycles. The summed E-state index contributed by atoms with van der Waals surface area (Å²) >= 11 is 12.8. The van der Waals surface area contributed by atoms with Crippen LogP contribution < -0.4 is 10.2 Å². The second-order valence-electron chi connectivity index (χ2n) is 7.96. The zero-order valence-electron chi connectivity index (χ0n) is 15.9. The zero-order chi connectivity index (χ0) is 20.2. The summed E-state index contributed by atoms with van der Waals surface area (Å²) in [5, 5.41) is 3.96. The number of para-hydroxylation sites is 1. The first-order valence-electron chi connectivity index (χ1n) is 9.11. The molecule has 1 N–H and O–H groups in total. The molecular formula is C21H21Cl2N3O2. The fourth-order valence-electron chi connectivity index (χ4n) is 4.06. The lowest BCUT2D eigenvalue weighted by molar-refractivity contribution is -0.121. The highest BCUT2D eigenvalue weighted by Crippen LogP contribution is 2.42. The van der Waals surface area contributed by atoms with Gasteiger partial charge in [0, 0.05) is 29.1 Å². The average molecular weight is 418 g/mol. The Morgan fingerprint density at radius 2 is 1.82 bits per heavy atom. The summed E-state index contributed by atoms with van der Waals surface area (Å²) in [6, 6.07) is 10.8. The lowest BCUT2D eigenvalue weighted by atomic mass is 9.83. The number of halogens is 2. The van der Waals surface area contributed by atoms with E-state index in [0.29, 0.717) is 15.7 Å². The maximum absolute atomic E-state index is 12.9. The highest BCUT2D eigenvalue weighted by molar-refractivity contribution is 6.35. The number of carbonyl (C=O) groups excluding carboxylic acids is 2. The third kappa shape index (κ3) is 3.08. The van der Waals surface area contributed by atoms with Gasteiger partial charge in [-0.15, -0.1) is 0 Å². The first kappa shape index (κ1) is 19.2. The molecule has 2 aliphatic rings. The van der Waals surface area contributed by atoms with Crippen LogP contribution in [0.1, 0.15) is 36.5 Å². The van der Waals surface area contributed by atoms with E-state index in [2.05, 4.69) is 10.2 Å². The highest BCUT2D eigenvalue weighted by Gasteiger charge is 2.46. The van der Waals surface area contributed by atoms with Crippen molar-refractivity contribution in [3.8, 4) is 0 Å². The number of benzene rings is 2. The van der Waals surface area contributed by atoms with Crippen LogP contribution in [0.2, 0.25) is 10.0 Å². The summed E-state index contributed by atoms with van der Waals surface area (Å²) in [4.78, 5) is 28.9. The number of amides is 3. The first-order valence-corrected chi connectivity index (χ1v) is 9.86. The predicted octanol–water partition coefficient (Wildman–Crippen LogP) is 4.41. The Morgan fingerprint density at radius 1 is 1.11 bits per heavy atom. The molecular weight excluding hydrogens is 397 g/mol. The zero-order valence-corrected chi connectivity index (χ0v) is 17.4. The van der Waals surface area contributed by atoms with E-state index in [9.17, 15) is 9.59 Å². The number of hydrogen-bond donors (Lipinski definition) is 1. The lowest BCUT2D eigenvalue weighted by Gasteiger charge is -2.35. The van der Waals surface area contributed by atoms with Crippen LogP contribution in [0.4, 0.5) is 10.5 Å². The molecule has 146 valence electrons. The van der Waals surface area contributed by atoms with Crippen LogP contribution in [-0.2, 0) is 11.3 Å². The Morgan fingerprint density at radius 3 is 2.50 bits per heavy atom. The molecule has 5 nitrogen and oxygen atoms in total. The van der Waals surface area contributed by atoms with Crippen molar-refractivity contribution in [2.75, 3.05) is 18.5 Å². The predicted molar refractivity (Wildman–Crippen MR) is 111 cm³/mol. The van der Waals surface area contributed by atoms with Crippen molar-refractivity contribution in [3.05, 3.63) is 63.1 Å². The molecule has 2 aromatic carbocycles. The van der Waals surface area contributed by atoms with Gasteiger partial charge in [-0.3, -0.25) is 4.79 Å². The molecule has 0 radical (unpaired) electrons. The van der Waals surface area contributed by atoms with Gasteiger partial charge in [-0.05, 0) is 55.8 Å². The van der Waals surface area contributed by atoms with Crippen LogP contribution in [0.5, 0.6) is 0 Å². The van der Waals surface area contributed by atoms with E-state index in [0.717, 1.165) is 29.8 Å². The smallest absolute Gasteiger partial charge is 0.323 e. The quantitative estimate of drug-likeness (QED) is 0.736. The van der Waals surface area contributed by atoms with E-state index in [1.54, 1.807) is 19.9 Å². The minimum absolute atomic E-state index is 0.0644. The minimum atomic E-state index is -0.932. The molecule has 0 spiro atoms. The molecule has 1 fully saturated rings. The van der Waals surface area contributed by atoms with Gasteiger partial charge < -0.3 is 10.2 Å². The van der Waals surface area contributed by atoms with Gasteiger partial charge in [0.05, 0.1) is 5.69 Å². The van der Waals surface area contributed by atoms with E-state index < -0.39 is 11.6 Å². The molecule has 0 bridgehead atoms. The Labute approximate surface area is 174 Å². The molecule has 0 aromatic heterocycles. The van der Waals surface area contributed by atoms with Crippen molar-refractivity contribution in [2.24, 2.45) is 0 Å². The summed E-state index contributed by atoms with van der Waals surface area (Å²) in [5.74, 6) is -0.330. The number of hydrogen-bond acceptors (Lipinski definition) is 3. The van der Waals surface area contributed by atoms with Crippen molar-refractivity contribution in [2.45, 2.75) is 31.8 Å². The van der Waals surface area contributed by atoms with Gasteiger partial charge in [0.15, 0.2) is 0 Å². The highest BCUT2D eigenvalue weighted by atomic mass is 35.5. The molecule has 7 heteroatoms. The number of fused-ring (bicyclic) bond motifs is 1. The largest absolute Gasteiger partial charge is 0.329 e. The summed E-state index contributed by atoms with van der Waals surface area (Å²) in [7, 11) is 2.03. The van der Waals surface area contributed by atoms with Gasteiger partial charge in [-0.25, -0.2) is 9.69 Å². The van der Waals surface area contributed by atoms with Gasteiger partial charge in [0.1, 0.15) is 5.54 Å². The molecule has 2 aromatic rings. The van der Waals surface area contributed by atoms with Gasteiger partial charge in [-0.1, -0.05) is 41.4 Å². The summed E-state index contributed by atoms with van der Waals surface area (Å²) in [5.41, 5.74) is 2.62. The number of anilines is 1. The molecule has 1 unspecified atom stereocenters. The Kier molecular flexibility index (Phi) is 4.65. The standard InChI is InChI=1S/C21H21Cl2N3O2/c1-21(2)19(27)26(20(28)24-21)18-7-5-4-6-13(18)15-10-25(3)11-16-14(15)8-12(22)9-17(16)23/h4-9,15H,10-11H2,1-3H3,(H,24,28). The topological polar surface area (TPSA) is 52.6 Å². The average Bonchev–Trinajstić information content (AvgIpc) is 2.82. The number of nitrogens with one attached hydrogen (secondary N) is 1. The van der Waals surface area contributed by atoms with Crippen molar-refractivity contribution in [1.29, 1.82) is 0 Å². The maximum atomic E-state index is 12.9. The second-order valence-corrected chi connectivity index (χ2v) is 8.80. The van der Waals surface area contributed by atoms with E-state index in [1.165, 1.54) is 4.90 Å². The van der Waals surface area contributed by atoms with Crippen LogP contribution in [0.25, 0.3) is 0 Å². The van der Waals surface area contributed by atoms with E-state index in [-0.39, 0.29) is 11.8 Å². The molecule has 2 heterocycles. The van der Waals surface area contributed by atoms with Crippen LogP contribution in [-0.4, -0.2) is 36.0 Å². The van der Waals surface area contributed by atoms with E-state index in [4.69, 9.17) is 23.2 Å². The molecule has 3 amide bonds. The van der Waals surface area contributed by atoms with E-state index in [1.807, 2.05) is 37.4 Å². The number of carbonyl (C=O) groups is 2. The Hall–Kier alpha value is -2.08. The molecule has 1 saturated heterocycles. The Bertz CT molecular complexity index is 990. The van der Waals surface area contributed by atoms with Crippen LogP contribution >= 0.6 is 23.2 Å². The van der Waals surface area contributed by atoms with Crippen LogP contribution in [0.15, 0.2) is 36.4 Å².